The van der Waals surface area contributed by atoms with Gasteiger partial charge in [-0.05, 0) is 25.0 Å². The first-order chi connectivity index (χ1) is 12.8. The number of carbonyl (C=O) groups is 2. The number of carbonyl (C=O) groups excluding carboxylic acids is 2. The van der Waals surface area contributed by atoms with Crippen LogP contribution in [0, 0.1) is 0 Å². The second-order valence-electron chi connectivity index (χ2n) is 6.81. The highest BCUT2D eigenvalue weighted by Crippen LogP contribution is 2.27. The number of para-hydroxylation sites is 1. The third kappa shape index (κ3) is 6.21. The maximum absolute atomic E-state index is 13.0. The standard InChI is InChI=1S/C18H27N3O5S/c1-26-12-10-19-17(23)18(20-15-7-4-3-5-8-15)9-6-11-21(14-18)16(22)13-27(2,24)25/h3-5,7-8,20H,6,9-14H2,1-2H3,(H,19,23). The molecule has 1 atom stereocenters. The van der Waals surface area contributed by atoms with E-state index < -0.39 is 27.0 Å². The summed E-state index contributed by atoms with van der Waals surface area (Å²) >= 11 is 0. The number of anilines is 1. The molecular weight excluding hydrogens is 370 g/mol. The number of benzene rings is 1. The van der Waals surface area contributed by atoms with Crippen LogP contribution in [0.3, 0.4) is 0 Å². The Balaban J connectivity index is 2.22. The van der Waals surface area contributed by atoms with Crippen molar-refractivity contribution < 1.29 is 22.7 Å². The van der Waals surface area contributed by atoms with Gasteiger partial charge in [0.15, 0.2) is 9.84 Å². The summed E-state index contributed by atoms with van der Waals surface area (Å²) < 4.78 is 28.0. The smallest absolute Gasteiger partial charge is 0.247 e. The summed E-state index contributed by atoms with van der Waals surface area (Å²) in [6.07, 6.45) is 2.15. The SMILES string of the molecule is COCCNC(=O)C1(Nc2ccccc2)CCCN(C(=O)CS(C)(=O)=O)C1. The normalized spacial score (nSPS) is 20.1. The first kappa shape index (κ1) is 21.2. The maximum atomic E-state index is 13.0. The fourth-order valence-electron chi connectivity index (χ4n) is 3.16. The van der Waals surface area contributed by atoms with Crippen molar-refractivity contribution in [3.05, 3.63) is 30.3 Å². The molecule has 2 rings (SSSR count). The summed E-state index contributed by atoms with van der Waals surface area (Å²) in [5.74, 6) is -1.28. The lowest BCUT2D eigenvalue weighted by molar-refractivity contribution is -0.134. The van der Waals surface area contributed by atoms with Gasteiger partial charge in [-0.25, -0.2) is 8.42 Å². The third-order valence-corrected chi connectivity index (χ3v) is 5.19. The summed E-state index contributed by atoms with van der Waals surface area (Å²) in [6, 6.07) is 9.28. The van der Waals surface area contributed by atoms with E-state index >= 15 is 0 Å². The van der Waals surface area contributed by atoms with Gasteiger partial charge in [-0.3, -0.25) is 9.59 Å². The van der Waals surface area contributed by atoms with Gasteiger partial charge in [-0.15, -0.1) is 0 Å². The Labute approximate surface area is 160 Å². The lowest BCUT2D eigenvalue weighted by Gasteiger charge is -2.42. The van der Waals surface area contributed by atoms with Gasteiger partial charge in [-0.2, -0.15) is 0 Å². The van der Waals surface area contributed by atoms with Crippen LogP contribution in [-0.2, 0) is 24.2 Å². The number of hydrogen-bond acceptors (Lipinski definition) is 6. The van der Waals surface area contributed by atoms with E-state index in [0.717, 1.165) is 11.9 Å². The number of amides is 2. The van der Waals surface area contributed by atoms with Gasteiger partial charge in [0.25, 0.3) is 0 Å². The van der Waals surface area contributed by atoms with E-state index in [1.165, 1.54) is 4.90 Å². The fraction of sp³-hybridized carbons (Fsp3) is 0.556. The molecule has 0 saturated carbocycles. The predicted octanol–water partition coefficient (Wildman–Crippen LogP) is 0.267. The van der Waals surface area contributed by atoms with Crippen molar-refractivity contribution in [2.75, 3.05) is 50.7 Å². The van der Waals surface area contributed by atoms with Crippen molar-refractivity contribution in [3.63, 3.8) is 0 Å². The van der Waals surface area contributed by atoms with E-state index in [0.29, 0.717) is 32.5 Å². The van der Waals surface area contributed by atoms with Crippen LogP contribution in [0.5, 0.6) is 0 Å². The third-order valence-electron chi connectivity index (χ3n) is 4.41. The van der Waals surface area contributed by atoms with Crippen molar-refractivity contribution in [2.24, 2.45) is 0 Å². The molecule has 1 unspecified atom stereocenters. The Morgan fingerprint density at radius 3 is 2.59 bits per heavy atom. The topological polar surface area (TPSA) is 105 Å². The minimum absolute atomic E-state index is 0.106. The van der Waals surface area contributed by atoms with Crippen molar-refractivity contribution in [3.8, 4) is 0 Å². The van der Waals surface area contributed by atoms with Gasteiger partial charge < -0.3 is 20.3 Å². The van der Waals surface area contributed by atoms with E-state index in [4.69, 9.17) is 4.74 Å². The summed E-state index contributed by atoms with van der Waals surface area (Å²) in [5.41, 5.74) is -0.266. The summed E-state index contributed by atoms with van der Waals surface area (Å²) in [4.78, 5) is 26.8. The van der Waals surface area contributed by atoms with Crippen molar-refractivity contribution >= 4 is 27.3 Å². The highest BCUT2D eigenvalue weighted by atomic mass is 32.2. The molecule has 2 N–H and O–H groups in total. The van der Waals surface area contributed by atoms with Crippen LogP contribution in [0.2, 0.25) is 0 Å². The number of rotatable bonds is 8. The van der Waals surface area contributed by atoms with Gasteiger partial charge in [0.1, 0.15) is 11.3 Å². The predicted molar refractivity (Wildman–Crippen MR) is 103 cm³/mol. The molecule has 9 heteroatoms. The molecule has 1 saturated heterocycles. The molecule has 0 aliphatic carbocycles. The highest BCUT2D eigenvalue weighted by molar-refractivity contribution is 7.91. The molecule has 0 spiro atoms. The molecule has 1 aliphatic rings. The Bertz CT molecular complexity index is 754. The van der Waals surface area contributed by atoms with Crippen LogP contribution in [0.1, 0.15) is 12.8 Å². The monoisotopic (exact) mass is 397 g/mol. The molecule has 27 heavy (non-hydrogen) atoms. The zero-order valence-corrected chi connectivity index (χ0v) is 16.5. The van der Waals surface area contributed by atoms with Crippen LogP contribution >= 0.6 is 0 Å². The second kappa shape index (κ2) is 9.18. The molecule has 1 fully saturated rings. The number of methoxy groups -OCH3 is 1. The molecule has 1 aliphatic heterocycles. The average Bonchev–Trinajstić information content (AvgIpc) is 2.61. The van der Waals surface area contributed by atoms with Crippen LogP contribution in [-0.4, -0.2) is 76.0 Å². The maximum Gasteiger partial charge on any atom is 0.247 e. The minimum Gasteiger partial charge on any atom is -0.383 e. The molecule has 0 bridgehead atoms. The molecule has 1 heterocycles. The molecule has 0 aromatic heterocycles. The van der Waals surface area contributed by atoms with Gasteiger partial charge in [0.2, 0.25) is 11.8 Å². The fourth-order valence-corrected chi connectivity index (χ4v) is 3.79. The summed E-state index contributed by atoms with van der Waals surface area (Å²) in [7, 11) is -1.88. The molecule has 1 aromatic rings. The van der Waals surface area contributed by atoms with E-state index in [1.807, 2.05) is 30.3 Å². The number of ether oxygens (including phenoxy) is 1. The van der Waals surface area contributed by atoms with Gasteiger partial charge >= 0.3 is 0 Å². The van der Waals surface area contributed by atoms with Crippen molar-refractivity contribution in [2.45, 2.75) is 18.4 Å². The average molecular weight is 397 g/mol. The van der Waals surface area contributed by atoms with Gasteiger partial charge in [-0.1, -0.05) is 18.2 Å². The van der Waals surface area contributed by atoms with Crippen molar-refractivity contribution in [1.82, 2.24) is 10.2 Å². The molecule has 0 radical (unpaired) electrons. The Kier molecular flexibility index (Phi) is 7.20. The lowest BCUT2D eigenvalue weighted by atomic mass is 9.87. The second-order valence-corrected chi connectivity index (χ2v) is 8.95. The number of hydrogen-bond donors (Lipinski definition) is 2. The van der Waals surface area contributed by atoms with Gasteiger partial charge in [0.05, 0.1) is 13.2 Å². The van der Waals surface area contributed by atoms with Crippen LogP contribution in [0.15, 0.2) is 30.3 Å². The van der Waals surface area contributed by atoms with E-state index in [2.05, 4.69) is 10.6 Å². The van der Waals surface area contributed by atoms with Crippen LogP contribution in [0.25, 0.3) is 0 Å². The number of nitrogens with zero attached hydrogens (tertiary/aromatic N) is 1. The molecular formula is C18H27N3O5S. The number of sulfone groups is 1. The first-order valence-corrected chi connectivity index (χ1v) is 10.9. The number of likely N-dealkylation sites (tertiary alicyclic amines) is 1. The van der Waals surface area contributed by atoms with E-state index in [1.54, 1.807) is 7.11 Å². The molecule has 2 amide bonds. The van der Waals surface area contributed by atoms with Crippen LogP contribution in [0.4, 0.5) is 5.69 Å². The van der Waals surface area contributed by atoms with Crippen LogP contribution < -0.4 is 10.6 Å². The largest absolute Gasteiger partial charge is 0.383 e. The van der Waals surface area contributed by atoms with E-state index in [-0.39, 0.29) is 12.5 Å². The molecule has 150 valence electrons. The zero-order valence-electron chi connectivity index (χ0n) is 15.7. The quantitative estimate of drug-likeness (QED) is 0.610. The zero-order chi connectivity index (χ0) is 19.9. The summed E-state index contributed by atoms with van der Waals surface area (Å²) in [5, 5.41) is 6.11. The Morgan fingerprint density at radius 2 is 1.96 bits per heavy atom. The highest BCUT2D eigenvalue weighted by Gasteiger charge is 2.43. The Morgan fingerprint density at radius 1 is 1.26 bits per heavy atom. The number of piperidine rings is 1. The molecule has 1 aromatic carbocycles. The summed E-state index contributed by atoms with van der Waals surface area (Å²) in [6.45, 7) is 1.27. The Hall–Kier alpha value is -2.13. The lowest BCUT2D eigenvalue weighted by Crippen LogP contribution is -2.63. The van der Waals surface area contributed by atoms with Crippen molar-refractivity contribution in [1.29, 1.82) is 0 Å². The molecule has 8 nitrogen and oxygen atoms in total. The first-order valence-electron chi connectivity index (χ1n) is 8.82. The minimum atomic E-state index is -3.44. The van der Waals surface area contributed by atoms with Gasteiger partial charge in [0, 0.05) is 32.1 Å². The number of nitrogens with one attached hydrogen (secondary N) is 2. The van der Waals surface area contributed by atoms with E-state index in [9.17, 15) is 18.0 Å².